The summed E-state index contributed by atoms with van der Waals surface area (Å²) in [5.41, 5.74) is 2.84. The number of rotatable bonds is 7. The van der Waals surface area contributed by atoms with Gasteiger partial charge in [-0.1, -0.05) is 6.92 Å². The van der Waals surface area contributed by atoms with Crippen molar-refractivity contribution in [1.82, 2.24) is 15.3 Å². The summed E-state index contributed by atoms with van der Waals surface area (Å²) < 4.78 is 5.62. The third kappa shape index (κ3) is 4.09. The molecule has 0 saturated carbocycles. The Morgan fingerprint density at radius 3 is 2.94 bits per heavy atom. The predicted molar refractivity (Wildman–Crippen MR) is 72.7 cm³/mol. The maximum Gasteiger partial charge on any atom is 0.138 e. The zero-order valence-electron chi connectivity index (χ0n) is 10.4. The topological polar surface area (TPSA) is 47.0 Å². The van der Waals surface area contributed by atoms with E-state index in [-0.39, 0.29) is 0 Å². The molecule has 2 heterocycles. The van der Waals surface area contributed by atoms with Gasteiger partial charge in [-0.15, -0.1) is 11.3 Å². The first kappa shape index (κ1) is 13.0. The number of pyridine rings is 1. The molecular formula is C13H17N3OS. The lowest BCUT2D eigenvalue weighted by molar-refractivity contribution is 0.308. The van der Waals surface area contributed by atoms with E-state index in [4.69, 9.17) is 4.74 Å². The number of thiazole rings is 1. The van der Waals surface area contributed by atoms with Gasteiger partial charge in [-0.2, -0.15) is 0 Å². The highest BCUT2D eigenvalue weighted by Crippen LogP contribution is 2.13. The summed E-state index contributed by atoms with van der Waals surface area (Å²) in [6.07, 6.45) is 4.72. The number of hydrogen-bond acceptors (Lipinski definition) is 5. The highest BCUT2D eigenvalue weighted by Gasteiger charge is 1.99. The van der Waals surface area contributed by atoms with Crippen LogP contribution >= 0.6 is 11.3 Å². The standard InChI is InChI=1S/C13H17N3OS/c1-2-5-14-6-11-3-4-12(7-16-11)17-9-13-8-15-10-18-13/h3-4,7-8,10,14H,2,5-6,9H2,1H3. The lowest BCUT2D eigenvalue weighted by Gasteiger charge is -2.06. The van der Waals surface area contributed by atoms with E-state index in [0.717, 1.165) is 35.8 Å². The second-order valence-electron chi connectivity index (χ2n) is 3.92. The van der Waals surface area contributed by atoms with Crippen LogP contribution in [-0.2, 0) is 13.2 Å². The Balaban J connectivity index is 1.80. The zero-order chi connectivity index (χ0) is 12.6. The molecule has 0 bridgehead atoms. The normalized spacial score (nSPS) is 10.5. The summed E-state index contributed by atoms with van der Waals surface area (Å²) >= 11 is 1.59. The third-order valence-corrected chi connectivity index (χ3v) is 3.15. The van der Waals surface area contributed by atoms with Gasteiger partial charge in [0.1, 0.15) is 12.4 Å². The third-order valence-electron chi connectivity index (χ3n) is 2.40. The SMILES string of the molecule is CCCNCc1ccc(OCc2cncs2)cn1. The second-order valence-corrected chi connectivity index (χ2v) is 4.89. The van der Waals surface area contributed by atoms with E-state index >= 15 is 0 Å². The molecule has 0 radical (unpaired) electrons. The predicted octanol–water partition coefficient (Wildman–Crippen LogP) is 2.62. The van der Waals surface area contributed by atoms with E-state index in [9.17, 15) is 0 Å². The van der Waals surface area contributed by atoms with E-state index in [1.54, 1.807) is 23.0 Å². The van der Waals surface area contributed by atoms with Crippen LogP contribution < -0.4 is 10.1 Å². The molecule has 1 N–H and O–H groups in total. The Morgan fingerprint density at radius 1 is 1.33 bits per heavy atom. The highest BCUT2D eigenvalue weighted by molar-refractivity contribution is 7.09. The first-order valence-corrected chi connectivity index (χ1v) is 6.92. The number of ether oxygens (including phenoxy) is 1. The summed E-state index contributed by atoms with van der Waals surface area (Å²) in [4.78, 5) is 9.47. The lowest BCUT2D eigenvalue weighted by atomic mass is 10.3. The summed E-state index contributed by atoms with van der Waals surface area (Å²) in [5, 5.41) is 3.32. The van der Waals surface area contributed by atoms with Crippen molar-refractivity contribution in [2.24, 2.45) is 0 Å². The maximum absolute atomic E-state index is 5.62. The minimum Gasteiger partial charge on any atom is -0.486 e. The van der Waals surface area contributed by atoms with Crippen molar-refractivity contribution in [1.29, 1.82) is 0 Å². The summed E-state index contributed by atoms with van der Waals surface area (Å²) in [5.74, 6) is 0.794. The monoisotopic (exact) mass is 263 g/mol. The summed E-state index contributed by atoms with van der Waals surface area (Å²) in [6.45, 7) is 4.53. The Labute approximate surface area is 111 Å². The number of nitrogens with zero attached hydrogens (tertiary/aromatic N) is 2. The molecule has 5 heteroatoms. The van der Waals surface area contributed by atoms with Gasteiger partial charge in [0.2, 0.25) is 0 Å². The molecular weight excluding hydrogens is 246 g/mol. The van der Waals surface area contributed by atoms with Gasteiger partial charge in [0.25, 0.3) is 0 Å². The first-order valence-electron chi connectivity index (χ1n) is 6.04. The Morgan fingerprint density at radius 2 is 2.28 bits per heavy atom. The summed E-state index contributed by atoms with van der Waals surface area (Å²) in [7, 11) is 0. The fourth-order valence-corrected chi connectivity index (χ4v) is 1.97. The van der Waals surface area contributed by atoms with Gasteiger partial charge in [0.05, 0.1) is 22.3 Å². The molecule has 0 unspecified atom stereocenters. The smallest absolute Gasteiger partial charge is 0.138 e. The van der Waals surface area contributed by atoms with Gasteiger partial charge in [0.15, 0.2) is 0 Å². The molecule has 0 aliphatic carbocycles. The molecule has 0 spiro atoms. The minimum atomic E-state index is 0.555. The average molecular weight is 263 g/mol. The van der Waals surface area contributed by atoms with Gasteiger partial charge in [-0.3, -0.25) is 9.97 Å². The number of aromatic nitrogens is 2. The van der Waals surface area contributed by atoms with Crippen LogP contribution in [-0.4, -0.2) is 16.5 Å². The molecule has 2 rings (SSSR count). The van der Waals surface area contributed by atoms with Crippen molar-refractivity contribution >= 4 is 11.3 Å². The zero-order valence-corrected chi connectivity index (χ0v) is 11.2. The van der Waals surface area contributed by atoms with Crippen LogP contribution in [0.5, 0.6) is 5.75 Å². The van der Waals surface area contributed by atoms with Gasteiger partial charge in [-0.25, -0.2) is 0 Å². The highest BCUT2D eigenvalue weighted by atomic mass is 32.1. The second kappa shape index (κ2) is 7.08. The first-order chi connectivity index (χ1) is 8.88. The van der Waals surface area contributed by atoms with Crippen LogP contribution in [0.4, 0.5) is 0 Å². The molecule has 2 aromatic rings. The molecule has 0 aliphatic heterocycles. The Bertz CT molecular complexity index is 442. The van der Waals surface area contributed by atoms with E-state index in [1.165, 1.54) is 0 Å². The van der Waals surface area contributed by atoms with Crippen molar-refractivity contribution < 1.29 is 4.74 Å². The average Bonchev–Trinajstić information content (AvgIpc) is 2.91. The number of hydrogen-bond donors (Lipinski definition) is 1. The van der Waals surface area contributed by atoms with Crippen LogP contribution in [0, 0.1) is 0 Å². The quantitative estimate of drug-likeness (QED) is 0.780. The van der Waals surface area contributed by atoms with Gasteiger partial charge in [-0.05, 0) is 25.1 Å². The van der Waals surface area contributed by atoms with Crippen molar-refractivity contribution in [3.8, 4) is 5.75 Å². The fraction of sp³-hybridized carbons (Fsp3) is 0.385. The van der Waals surface area contributed by atoms with Crippen molar-refractivity contribution in [3.63, 3.8) is 0 Å². The largest absolute Gasteiger partial charge is 0.486 e. The molecule has 18 heavy (non-hydrogen) atoms. The number of nitrogens with one attached hydrogen (secondary N) is 1. The molecule has 0 saturated heterocycles. The molecule has 0 atom stereocenters. The fourth-order valence-electron chi connectivity index (χ4n) is 1.46. The molecule has 96 valence electrons. The van der Waals surface area contributed by atoms with Crippen LogP contribution in [0.15, 0.2) is 30.0 Å². The van der Waals surface area contributed by atoms with E-state index < -0.39 is 0 Å². The van der Waals surface area contributed by atoms with Crippen LogP contribution in [0.3, 0.4) is 0 Å². The van der Waals surface area contributed by atoms with Gasteiger partial charge < -0.3 is 10.1 Å². The van der Waals surface area contributed by atoms with Crippen molar-refractivity contribution in [2.75, 3.05) is 6.54 Å². The molecule has 0 amide bonds. The van der Waals surface area contributed by atoms with E-state index in [2.05, 4.69) is 22.2 Å². The van der Waals surface area contributed by atoms with E-state index in [0.29, 0.717) is 6.61 Å². The summed E-state index contributed by atoms with van der Waals surface area (Å²) in [6, 6.07) is 3.95. The molecule has 4 nitrogen and oxygen atoms in total. The molecule has 0 fully saturated rings. The van der Waals surface area contributed by atoms with Crippen LogP contribution in [0.2, 0.25) is 0 Å². The molecule has 0 aromatic carbocycles. The van der Waals surface area contributed by atoms with Crippen molar-refractivity contribution in [2.45, 2.75) is 26.5 Å². The Kier molecular flexibility index (Phi) is 5.11. The lowest BCUT2D eigenvalue weighted by Crippen LogP contribution is -2.14. The molecule has 2 aromatic heterocycles. The van der Waals surface area contributed by atoms with Gasteiger partial charge in [0, 0.05) is 12.7 Å². The van der Waals surface area contributed by atoms with Crippen LogP contribution in [0.1, 0.15) is 23.9 Å². The minimum absolute atomic E-state index is 0.555. The van der Waals surface area contributed by atoms with Gasteiger partial charge >= 0.3 is 0 Å². The van der Waals surface area contributed by atoms with Crippen LogP contribution in [0.25, 0.3) is 0 Å². The maximum atomic E-state index is 5.62. The molecule has 0 aliphatic rings. The Hall–Kier alpha value is -1.46. The van der Waals surface area contributed by atoms with Crippen molar-refractivity contribution in [3.05, 3.63) is 40.6 Å². The van der Waals surface area contributed by atoms with E-state index in [1.807, 2.05) is 18.3 Å².